The summed E-state index contributed by atoms with van der Waals surface area (Å²) >= 11 is 0. The van der Waals surface area contributed by atoms with Crippen LogP contribution < -0.4 is 0 Å². The van der Waals surface area contributed by atoms with E-state index in [1.54, 1.807) is 0 Å². The Labute approximate surface area is 142 Å². The molecule has 2 fully saturated rings. The second-order valence-electron chi connectivity index (χ2n) is 7.64. The lowest BCUT2D eigenvalue weighted by atomic mass is 9.95. The first kappa shape index (κ1) is 16.9. The highest BCUT2D eigenvalue weighted by Crippen LogP contribution is 2.21. The van der Waals surface area contributed by atoms with E-state index in [2.05, 4.69) is 58.9 Å². The van der Waals surface area contributed by atoms with Gasteiger partial charge in [-0.2, -0.15) is 0 Å². The summed E-state index contributed by atoms with van der Waals surface area (Å²) in [5.41, 5.74) is 1.45. The molecule has 0 N–H and O–H groups in total. The highest BCUT2D eigenvalue weighted by molar-refractivity contribution is 5.14. The maximum absolute atomic E-state index is 2.70. The molecule has 0 radical (unpaired) electrons. The Hall–Kier alpha value is -0.900. The lowest BCUT2D eigenvalue weighted by Gasteiger charge is -2.40. The van der Waals surface area contributed by atoms with Crippen molar-refractivity contribution in [2.45, 2.75) is 39.3 Å². The van der Waals surface area contributed by atoms with E-state index >= 15 is 0 Å². The molecule has 128 valence electrons. The molecule has 0 bridgehead atoms. The molecule has 23 heavy (non-hydrogen) atoms. The third-order valence-corrected chi connectivity index (χ3v) is 5.61. The average molecular weight is 316 g/mol. The van der Waals surface area contributed by atoms with Crippen LogP contribution >= 0.6 is 0 Å². The summed E-state index contributed by atoms with van der Waals surface area (Å²) in [7, 11) is 0. The largest absolute Gasteiger partial charge is 0.301 e. The summed E-state index contributed by atoms with van der Waals surface area (Å²) in [5, 5.41) is 0. The van der Waals surface area contributed by atoms with Crippen molar-refractivity contribution in [2.75, 3.05) is 45.8 Å². The summed E-state index contributed by atoms with van der Waals surface area (Å²) in [6.45, 7) is 14.7. The van der Waals surface area contributed by atoms with Gasteiger partial charge < -0.3 is 4.90 Å². The first-order chi connectivity index (χ1) is 11.2. The molecular weight excluding hydrogens is 282 g/mol. The van der Waals surface area contributed by atoms with Gasteiger partial charge in [-0.25, -0.2) is 0 Å². The van der Waals surface area contributed by atoms with E-state index in [9.17, 15) is 0 Å². The fraction of sp³-hybridized carbons (Fsp3) is 0.700. The van der Waals surface area contributed by atoms with E-state index < -0.39 is 0 Å². The van der Waals surface area contributed by atoms with Gasteiger partial charge in [0.2, 0.25) is 0 Å². The van der Waals surface area contributed by atoms with Crippen molar-refractivity contribution in [1.82, 2.24) is 14.7 Å². The standard InChI is InChI=1S/C20H33N3/c1-18(2)23-14-12-22(13-15-23)17-20-8-10-21(11-9-20)16-19-6-4-3-5-7-19/h3-7,18,20H,8-17H2,1-2H3. The minimum atomic E-state index is 0.707. The summed E-state index contributed by atoms with van der Waals surface area (Å²) in [4.78, 5) is 7.94. The number of benzene rings is 1. The zero-order valence-electron chi connectivity index (χ0n) is 15.0. The summed E-state index contributed by atoms with van der Waals surface area (Å²) in [6.07, 6.45) is 2.74. The molecule has 2 heterocycles. The molecule has 0 atom stereocenters. The van der Waals surface area contributed by atoms with Gasteiger partial charge in [0.25, 0.3) is 0 Å². The third kappa shape index (κ3) is 5.03. The van der Waals surface area contributed by atoms with Gasteiger partial charge in [-0.3, -0.25) is 9.80 Å². The van der Waals surface area contributed by atoms with Crippen molar-refractivity contribution < 1.29 is 0 Å². The van der Waals surface area contributed by atoms with Crippen LogP contribution in [-0.2, 0) is 6.54 Å². The Morgan fingerprint density at radius 2 is 1.52 bits per heavy atom. The normalized spacial score (nSPS) is 22.7. The molecule has 0 aliphatic carbocycles. The van der Waals surface area contributed by atoms with Gasteiger partial charge in [-0.05, 0) is 51.3 Å². The van der Waals surface area contributed by atoms with Crippen LogP contribution in [0, 0.1) is 5.92 Å². The lowest BCUT2D eigenvalue weighted by Crippen LogP contribution is -2.50. The van der Waals surface area contributed by atoms with Crippen molar-refractivity contribution in [1.29, 1.82) is 0 Å². The smallest absolute Gasteiger partial charge is 0.0233 e. The zero-order valence-corrected chi connectivity index (χ0v) is 15.0. The predicted molar refractivity (Wildman–Crippen MR) is 97.6 cm³/mol. The van der Waals surface area contributed by atoms with E-state index in [4.69, 9.17) is 0 Å². The second kappa shape index (κ2) is 8.27. The molecular formula is C20H33N3. The zero-order chi connectivity index (χ0) is 16.1. The number of hydrogen-bond donors (Lipinski definition) is 0. The molecule has 0 amide bonds. The van der Waals surface area contributed by atoms with E-state index in [0.717, 1.165) is 12.5 Å². The van der Waals surface area contributed by atoms with Crippen LogP contribution in [0.4, 0.5) is 0 Å². The Morgan fingerprint density at radius 1 is 0.870 bits per heavy atom. The van der Waals surface area contributed by atoms with Crippen molar-refractivity contribution >= 4 is 0 Å². The Morgan fingerprint density at radius 3 is 2.13 bits per heavy atom. The Balaban J connectivity index is 1.37. The Kier molecular flexibility index (Phi) is 6.09. The molecule has 0 unspecified atom stereocenters. The van der Waals surface area contributed by atoms with Gasteiger partial charge >= 0.3 is 0 Å². The minimum Gasteiger partial charge on any atom is -0.301 e. The first-order valence-electron chi connectivity index (χ1n) is 9.43. The van der Waals surface area contributed by atoms with Gasteiger partial charge in [-0.1, -0.05) is 30.3 Å². The van der Waals surface area contributed by atoms with Gasteiger partial charge in [0.05, 0.1) is 0 Å². The highest BCUT2D eigenvalue weighted by Gasteiger charge is 2.24. The topological polar surface area (TPSA) is 9.72 Å². The minimum absolute atomic E-state index is 0.707. The Bertz CT molecular complexity index is 443. The molecule has 3 rings (SSSR count). The highest BCUT2D eigenvalue weighted by atomic mass is 15.3. The molecule has 2 aliphatic heterocycles. The number of nitrogens with zero attached hydrogens (tertiary/aromatic N) is 3. The molecule has 3 heteroatoms. The molecule has 0 saturated carbocycles. The average Bonchev–Trinajstić information content (AvgIpc) is 2.58. The first-order valence-corrected chi connectivity index (χ1v) is 9.43. The number of rotatable bonds is 5. The monoisotopic (exact) mass is 315 g/mol. The molecule has 3 nitrogen and oxygen atoms in total. The van der Waals surface area contributed by atoms with E-state index in [0.29, 0.717) is 6.04 Å². The quantitative estimate of drug-likeness (QED) is 0.827. The summed E-state index contributed by atoms with van der Waals surface area (Å²) in [6, 6.07) is 11.6. The molecule has 0 spiro atoms. The van der Waals surface area contributed by atoms with Crippen molar-refractivity contribution in [3.8, 4) is 0 Å². The van der Waals surface area contributed by atoms with Crippen LogP contribution in [0.3, 0.4) is 0 Å². The molecule has 2 aliphatic rings. The van der Waals surface area contributed by atoms with Gasteiger partial charge in [-0.15, -0.1) is 0 Å². The van der Waals surface area contributed by atoms with Crippen molar-refractivity contribution in [2.24, 2.45) is 5.92 Å². The van der Waals surface area contributed by atoms with Crippen LogP contribution in [0.1, 0.15) is 32.3 Å². The second-order valence-corrected chi connectivity index (χ2v) is 7.64. The van der Waals surface area contributed by atoms with Crippen LogP contribution in [0.2, 0.25) is 0 Å². The van der Waals surface area contributed by atoms with Gasteiger partial charge in [0.1, 0.15) is 0 Å². The molecule has 1 aromatic rings. The van der Waals surface area contributed by atoms with Crippen molar-refractivity contribution in [3.63, 3.8) is 0 Å². The maximum atomic E-state index is 2.70. The third-order valence-electron chi connectivity index (χ3n) is 5.61. The molecule has 0 aromatic heterocycles. The number of hydrogen-bond acceptors (Lipinski definition) is 3. The fourth-order valence-corrected chi connectivity index (χ4v) is 4.00. The lowest BCUT2D eigenvalue weighted by molar-refractivity contribution is 0.0799. The number of likely N-dealkylation sites (tertiary alicyclic amines) is 1. The van der Waals surface area contributed by atoms with E-state index in [1.165, 1.54) is 64.2 Å². The van der Waals surface area contributed by atoms with E-state index in [1.807, 2.05) is 0 Å². The maximum Gasteiger partial charge on any atom is 0.0233 e. The van der Waals surface area contributed by atoms with Crippen LogP contribution in [0.15, 0.2) is 30.3 Å². The fourth-order valence-electron chi connectivity index (χ4n) is 4.00. The SMILES string of the molecule is CC(C)N1CCN(CC2CCN(Cc3ccccc3)CC2)CC1. The van der Waals surface area contributed by atoms with Crippen LogP contribution in [0.5, 0.6) is 0 Å². The summed E-state index contributed by atoms with van der Waals surface area (Å²) in [5.74, 6) is 0.910. The number of piperazine rings is 1. The van der Waals surface area contributed by atoms with Crippen LogP contribution in [-0.4, -0.2) is 66.6 Å². The van der Waals surface area contributed by atoms with Gasteiger partial charge in [0.15, 0.2) is 0 Å². The molecule has 1 aromatic carbocycles. The number of piperidine rings is 1. The summed E-state index contributed by atoms with van der Waals surface area (Å²) < 4.78 is 0. The van der Waals surface area contributed by atoms with Crippen LogP contribution in [0.25, 0.3) is 0 Å². The predicted octanol–water partition coefficient (Wildman–Crippen LogP) is 2.92. The molecule has 2 saturated heterocycles. The van der Waals surface area contributed by atoms with E-state index in [-0.39, 0.29) is 0 Å². The van der Waals surface area contributed by atoms with Gasteiger partial charge in [0, 0.05) is 45.3 Å². The van der Waals surface area contributed by atoms with Crippen molar-refractivity contribution in [3.05, 3.63) is 35.9 Å².